The second-order valence-electron chi connectivity index (χ2n) is 9.56. The Morgan fingerprint density at radius 1 is 1.09 bits per heavy atom. The molecule has 0 bridgehead atoms. The first-order valence-electron chi connectivity index (χ1n) is 12.5. The number of nitrogens with one attached hydrogen (secondary N) is 1. The fraction of sp³-hybridized carbons (Fsp3) is 0.538. The van der Waals surface area contributed by atoms with Crippen LogP contribution < -0.4 is 10.2 Å². The SMILES string of the molecule is CC(CCc1ccccc1)NC(=O)C1CCN(c2ncnc3c2nc2n3CCCCC2)CC1. The third-order valence-electron chi connectivity index (χ3n) is 7.14. The van der Waals surface area contributed by atoms with Crippen molar-refractivity contribution in [2.24, 2.45) is 5.92 Å². The molecule has 1 unspecified atom stereocenters. The Kier molecular flexibility index (Phi) is 6.55. The summed E-state index contributed by atoms with van der Waals surface area (Å²) >= 11 is 0. The maximum absolute atomic E-state index is 12.9. The third-order valence-corrected chi connectivity index (χ3v) is 7.14. The van der Waals surface area contributed by atoms with Gasteiger partial charge in [-0.25, -0.2) is 15.0 Å². The highest BCUT2D eigenvalue weighted by Crippen LogP contribution is 2.29. The first kappa shape index (κ1) is 21.9. The van der Waals surface area contributed by atoms with Crippen molar-refractivity contribution >= 4 is 22.9 Å². The van der Waals surface area contributed by atoms with Crippen molar-refractivity contribution in [2.75, 3.05) is 18.0 Å². The van der Waals surface area contributed by atoms with Crippen LogP contribution in [0.25, 0.3) is 11.2 Å². The molecule has 1 N–H and O–H groups in total. The zero-order valence-electron chi connectivity index (χ0n) is 19.5. The van der Waals surface area contributed by atoms with Crippen LogP contribution in [0.15, 0.2) is 36.7 Å². The molecule has 1 fully saturated rings. The van der Waals surface area contributed by atoms with E-state index in [0.29, 0.717) is 0 Å². The van der Waals surface area contributed by atoms with E-state index in [-0.39, 0.29) is 17.9 Å². The molecule has 0 radical (unpaired) electrons. The van der Waals surface area contributed by atoms with Crippen LogP contribution in [0.4, 0.5) is 5.82 Å². The molecule has 2 aliphatic rings. The van der Waals surface area contributed by atoms with E-state index in [1.54, 1.807) is 6.33 Å². The van der Waals surface area contributed by atoms with Crippen molar-refractivity contribution in [1.29, 1.82) is 0 Å². The molecule has 0 spiro atoms. The van der Waals surface area contributed by atoms with Gasteiger partial charge in [0.05, 0.1) is 0 Å². The first-order valence-corrected chi connectivity index (χ1v) is 12.5. The number of anilines is 1. The van der Waals surface area contributed by atoms with Gasteiger partial charge in [0.25, 0.3) is 0 Å². The highest BCUT2D eigenvalue weighted by atomic mass is 16.1. The maximum atomic E-state index is 12.9. The van der Waals surface area contributed by atoms with E-state index in [4.69, 9.17) is 4.98 Å². The van der Waals surface area contributed by atoms with Crippen molar-refractivity contribution < 1.29 is 4.79 Å². The molecule has 2 aliphatic heterocycles. The number of piperidine rings is 1. The summed E-state index contributed by atoms with van der Waals surface area (Å²) in [5.74, 6) is 2.33. The van der Waals surface area contributed by atoms with Crippen molar-refractivity contribution in [3.8, 4) is 0 Å². The van der Waals surface area contributed by atoms with Crippen molar-refractivity contribution in [1.82, 2.24) is 24.8 Å². The van der Waals surface area contributed by atoms with Gasteiger partial charge < -0.3 is 14.8 Å². The molecule has 1 saturated heterocycles. The van der Waals surface area contributed by atoms with E-state index < -0.39 is 0 Å². The highest BCUT2D eigenvalue weighted by molar-refractivity contribution is 5.84. The lowest BCUT2D eigenvalue weighted by molar-refractivity contribution is -0.126. The second-order valence-corrected chi connectivity index (χ2v) is 9.56. The lowest BCUT2D eigenvalue weighted by Gasteiger charge is -2.32. The largest absolute Gasteiger partial charge is 0.355 e. The van der Waals surface area contributed by atoms with E-state index in [2.05, 4.69) is 55.9 Å². The van der Waals surface area contributed by atoms with E-state index in [9.17, 15) is 4.79 Å². The molecule has 2 aromatic heterocycles. The molecule has 1 amide bonds. The number of nitrogens with zero attached hydrogens (tertiary/aromatic N) is 5. The van der Waals surface area contributed by atoms with Crippen LogP contribution in [-0.4, -0.2) is 44.6 Å². The Balaban J connectivity index is 1.18. The number of fused-ring (bicyclic) bond motifs is 3. The predicted octanol–water partition coefficient (Wildman–Crippen LogP) is 3.91. The van der Waals surface area contributed by atoms with Crippen LogP contribution in [0.1, 0.15) is 56.8 Å². The minimum Gasteiger partial charge on any atom is -0.355 e. The first-order chi connectivity index (χ1) is 16.2. The summed E-state index contributed by atoms with van der Waals surface area (Å²) in [7, 11) is 0. The number of carbonyl (C=O) groups is 1. The highest BCUT2D eigenvalue weighted by Gasteiger charge is 2.28. The minimum atomic E-state index is 0.0662. The number of aryl methyl sites for hydroxylation is 3. The average Bonchev–Trinajstić information content (AvgIpc) is 3.04. The summed E-state index contributed by atoms with van der Waals surface area (Å²) in [4.78, 5) is 29.3. The Morgan fingerprint density at radius 2 is 1.91 bits per heavy atom. The van der Waals surface area contributed by atoms with Gasteiger partial charge in [-0.2, -0.15) is 0 Å². The Labute approximate surface area is 195 Å². The third kappa shape index (κ3) is 4.87. The van der Waals surface area contributed by atoms with Gasteiger partial charge in [0.15, 0.2) is 17.0 Å². The van der Waals surface area contributed by atoms with Gasteiger partial charge in [0, 0.05) is 38.0 Å². The summed E-state index contributed by atoms with van der Waals surface area (Å²) in [6.07, 6.45) is 9.94. The lowest BCUT2D eigenvalue weighted by Crippen LogP contribution is -2.43. The van der Waals surface area contributed by atoms with Crippen LogP contribution in [0.5, 0.6) is 0 Å². The average molecular weight is 447 g/mol. The summed E-state index contributed by atoms with van der Waals surface area (Å²) in [6, 6.07) is 10.6. The Hall–Kier alpha value is -2.96. The number of imidazole rings is 1. The summed E-state index contributed by atoms with van der Waals surface area (Å²) in [6.45, 7) is 4.75. The molecule has 33 heavy (non-hydrogen) atoms. The number of amides is 1. The van der Waals surface area contributed by atoms with E-state index in [0.717, 1.165) is 74.5 Å². The quantitative estimate of drug-likeness (QED) is 0.621. The Morgan fingerprint density at radius 3 is 2.73 bits per heavy atom. The number of carbonyl (C=O) groups excluding carboxylic acids is 1. The van der Waals surface area contributed by atoms with E-state index in [1.165, 1.54) is 24.8 Å². The molecule has 4 heterocycles. The zero-order chi connectivity index (χ0) is 22.6. The molecule has 1 atom stereocenters. The normalized spacial score (nSPS) is 18.0. The summed E-state index contributed by atoms with van der Waals surface area (Å²) < 4.78 is 2.28. The maximum Gasteiger partial charge on any atom is 0.223 e. The predicted molar refractivity (Wildman–Crippen MR) is 130 cm³/mol. The van der Waals surface area contributed by atoms with Crippen LogP contribution >= 0.6 is 0 Å². The molecular formula is C26H34N6O. The second kappa shape index (κ2) is 9.89. The smallest absolute Gasteiger partial charge is 0.223 e. The van der Waals surface area contributed by atoms with Crippen LogP contribution in [0.3, 0.4) is 0 Å². The Bertz CT molecular complexity index is 1090. The summed E-state index contributed by atoms with van der Waals surface area (Å²) in [5, 5.41) is 3.24. The van der Waals surface area contributed by atoms with Gasteiger partial charge in [-0.3, -0.25) is 4.79 Å². The van der Waals surface area contributed by atoms with Gasteiger partial charge >= 0.3 is 0 Å². The van der Waals surface area contributed by atoms with Gasteiger partial charge in [-0.15, -0.1) is 0 Å². The summed E-state index contributed by atoms with van der Waals surface area (Å²) in [5.41, 5.74) is 3.20. The van der Waals surface area contributed by atoms with Gasteiger partial charge in [-0.05, 0) is 51.0 Å². The fourth-order valence-electron chi connectivity index (χ4n) is 5.17. The molecule has 1 aromatic carbocycles. The monoisotopic (exact) mass is 446 g/mol. The van der Waals surface area contributed by atoms with E-state index in [1.807, 2.05) is 6.07 Å². The topological polar surface area (TPSA) is 75.9 Å². The van der Waals surface area contributed by atoms with Crippen molar-refractivity contribution in [3.63, 3.8) is 0 Å². The van der Waals surface area contributed by atoms with Crippen LogP contribution in [0.2, 0.25) is 0 Å². The molecule has 7 nitrogen and oxygen atoms in total. The number of aromatic nitrogens is 4. The molecule has 5 rings (SSSR count). The molecule has 3 aromatic rings. The van der Waals surface area contributed by atoms with Crippen LogP contribution in [0, 0.1) is 5.92 Å². The van der Waals surface area contributed by atoms with E-state index >= 15 is 0 Å². The van der Waals surface area contributed by atoms with Crippen LogP contribution in [-0.2, 0) is 24.2 Å². The number of hydrogen-bond donors (Lipinski definition) is 1. The van der Waals surface area contributed by atoms with Gasteiger partial charge in [0.2, 0.25) is 5.91 Å². The number of benzene rings is 1. The molecule has 0 saturated carbocycles. The lowest BCUT2D eigenvalue weighted by atomic mass is 9.95. The molecule has 0 aliphatic carbocycles. The fourth-order valence-corrected chi connectivity index (χ4v) is 5.17. The minimum absolute atomic E-state index is 0.0662. The standard InChI is InChI=1S/C26H34N6O/c1-19(11-12-20-8-4-2-5-9-20)29-26(33)21-13-16-31(17-14-21)24-23-25(28-18-27-24)32-15-7-3-6-10-22(32)30-23/h2,4-5,8-9,18-19,21H,3,6-7,10-17H2,1H3,(H,29,33). The number of rotatable bonds is 6. The van der Waals surface area contributed by atoms with Gasteiger partial charge in [-0.1, -0.05) is 36.8 Å². The number of hydrogen-bond acceptors (Lipinski definition) is 5. The molecule has 7 heteroatoms. The zero-order valence-corrected chi connectivity index (χ0v) is 19.5. The molecular weight excluding hydrogens is 412 g/mol. The van der Waals surface area contributed by atoms with Crippen molar-refractivity contribution in [3.05, 3.63) is 48.0 Å². The molecule has 174 valence electrons. The van der Waals surface area contributed by atoms with Crippen molar-refractivity contribution in [2.45, 2.75) is 70.9 Å². The van der Waals surface area contributed by atoms with Gasteiger partial charge in [0.1, 0.15) is 12.2 Å².